The number of ether oxygens (including phenoxy) is 3. The van der Waals surface area contributed by atoms with Crippen LogP contribution in [0.15, 0.2) is 42.0 Å². The lowest BCUT2D eigenvalue weighted by molar-refractivity contribution is 0.0469. The lowest BCUT2D eigenvalue weighted by Crippen LogP contribution is -2.07. The molecule has 3 heterocycles. The number of benzene rings is 1. The number of methoxy groups -OCH3 is 2. The Bertz CT molecular complexity index is 1180. The quantitative estimate of drug-likeness (QED) is 0.449. The summed E-state index contributed by atoms with van der Waals surface area (Å²) in [6.07, 6.45) is 3.35. The molecular formula is C20H18N4O4S. The molecular weight excluding hydrogens is 392 g/mol. The Balaban J connectivity index is 1.53. The third-order valence-electron chi connectivity index (χ3n) is 4.31. The van der Waals surface area contributed by atoms with E-state index in [0.717, 1.165) is 10.6 Å². The van der Waals surface area contributed by atoms with Crippen LogP contribution in [0.2, 0.25) is 0 Å². The van der Waals surface area contributed by atoms with Gasteiger partial charge >= 0.3 is 5.97 Å². The summed E-state index contributed by atoms with van der Waals surface area (Å²) in [6, 6.07) is 7.35. The number of carbonyl (C=O) groups excluding carboxylic acids is 1. The van der Waals surface area contributed by atoms with Crippen LogP contribution in [-0.4, -0.2) is 39.8 Å². The Labute approximate surface area is 170 Å². The second-order valence-corrected chi connectivity index (χ2v) is 6.97. The van der Waals surface area contributed by atoms with Crippen LogP contribution in [0.4, 0.5) is 0 Å². The molecule has 0 N–H and O–H groups in total. The predicted molar refractivity (Wildman–Crippen MR) is 107 cm³/mol. The lowest BCUT2D eigenvalue weighted by atomic mass is 10.2. The number of esters is 1. The highest BCUT2D eigenvalue weighted by Crippen LogP contribution is 2.39. The van der Waals surface area contributed by atoms with Gasteiger partial charge in [-0.15, -0.1) is 11.3 Å². The van der Waals surface area contributed by atoms with Crippen LogP contribution < -0.4 is 9.47 Å². The van der Waals surface area contributed by atoms with E-state index in [1.54, 1.807) is 44.1 Å². The molecule has 0 aliphatic carbocycles. The maximum Gasteiger partial charge on any atom is 0.344 e. The molecule has 8 nitrogen and oxygen atoms in total. The van der Waals surface area contributed by atoms with Gasteiger partial charge in [-0.1, -0.05) is 6.07 Å². The van der Waals surface area contributed by atoms with Crippen LogP contribution >= 0.6 is 11.3 Å². The van der Waals surface area contributed by atoms with E-state index in [-0.39, 0.29) is 6.61 Å². The molecule has 0 radical (unpaired) electrons. The molecule has 29 heavy (non-hydrogen) atoms. The Morgan fingerprint density at radius 2 is 2.07 bits per heavy atom. The number of aromatic nitrogens is 4. The molecule has 3 aromatic heterocycles. The van der Waals surface area contributed by atoms with Gasteiger partial charge in [0.2, 0.25) is 0 Å². The van der Waals surface area contributed by atoms with E-state index in [1.165, 1.54) is 11.3 Å². The molecule has 0 spiro atoms. The second kappa shape index (κ2) is 7.88. The minimum absolute atomic E-state index is 0.0469. The van der Waals surface area contributed by atoms with E-state index in [4.69, 9.17) is 14.2 Å². The average Bonchev–Trinajstić information content (AvgIpc) is 3.34. The minimum Gasteiger partial charge on any atom is -0.493 e. The first-order valence-electron chi connectivity index (χ1n) is 8.75. The van der Waals surface area contributed by atoms with Gasteiger partial charge in [0, 0.05) is 17.8 Å². The van der Waals surface area contributed by atoms with Crippen molar-refractivity contribution < 1.29 is 19.0 Å². The summed E-state index contributed by atoms with van der Waals surface area (Å²) in [5, 5.41) is 6.88. The van der Waals surface area contributed by atoms with Gasteiger partial charge in [-0.05, 0) is 25.1 Å². The number of carbonyl (C=O) groups is 1. The number of rotatable bonds is 6. The highest BCUT2D eigenvalue weighted by Gasteiger charge is 2.20. The van der Waals surface area contributed by atoms with E-state index in [1.807, 2.05) is 23.6 Å². The molecule has 1 aromatic carbocycles. The number of hydrogen-bond acceptors (Lipinski definition) is 8. The number of fused-ring (bicyclic) bond motifs is 1. The molecule has 0 amide bonds. The molecule has 9 heteroatoms. The summed E-state index contributed by atoms with van der Waals surface area (Å²) in [7, 11) is 3.18. The first-order valence-corrected chi connectivity index (χ1v) is 9.63. The summed E-state index contributed by atoms with van der Waals surface area (Å²) in [5.74, 6) is 0.759. The average molecular weight is 410 g/mol. The largest absolute Gasteiger partial charge is 0.493 e. The van der Waals surface area contributed by atoms with Crippen molar-refractivity contribution in [2.75, 3.05) is 14.2 Å². The molecule has 0 unspecified atom stereocenters. The standard InChI is InChI=1S/C20H18N4O4S/c1-12-16(18-21-8-5-9-24(18)23-12)20(25)28-10-13-11-29-19(22-13)14-6-4-7-15(26-2)17(14)27-3/h4-9,11H,10H2,1-3H3. The van der Waals surface area contributed by atoms with Gasteiger partial charge in [-0.3, -0.25) is 0 Å². The Hall–Kier alpha value is -3.46. The van der Waals surface area contributed by atoms with Gasteiger partial charge in [0.15, 0.2) is 17.1 Å². The number of hydrogen-bond donors (Lipinski definition) is 0. The zero-order valence-electron chi connectivity index (χ0n) is 16.1. The normalized spacial score (nSPS) is 10.9. The maximum absolute atomic E-state index is 12.6. The van der Waals surface area contributed by atoms with Crippen molar-refractivity contribution in [2.24, 2.45) is 0 Å². The third-order valence-corrected chi connectivity index (χ3v) is 5.24. The van der Waals surface area contributed by atoms with E-state index in [9.17, 15) is 4.79 Å². The van der Waals surface area contributed by atoms with Crippen molar-refractivity contribution in [3.05, 3.63) is 59.0 Å². The molecule has 0 saturated carbocycles. The molecule has 4 aromatic rings. The fourth-order valence-electron chi connectivity index (χ4n) is 3.00. The number of aryl methyl sites for hydroxylation is 1. The van der Waals surface area contributed by atoms with Gasteiger partial charge in [0.1, 0.15) is 17.2 Å². The number of thiazole rings is 1. The minimum atomic E-state index is -0.482. The lowest BCUT2D eigenvalue weighted by Gasteiger charge is -2.10. The second-order valence-electron chi connectivity index (χ2n) is 6.11. The molecule has 0 atom stereocenters. The zero-order valence-corrected chi connectivity index (χ0v) is 16.9. The fraction of sp³-hybridized carbons (Fsp3) is 0.200. The Morgan fingerprint density at radius 1 is 1.21 bits per heavy atom. The van der Waals surface area contributed by atoms with Crippen molar-refractivity contribution in [3.8, 4) is 22.1 Å². The van der Waals surface area contributed by atoms with E-state index >= 15 is 0 Å². The molecule has 0 bridgehead atoms. The van der Waals surface area contributed by atoms with E-state index in [2.05, 4.69) is 15.1 Å². The van der Waals surface area contributed by atoms with Crippen LogP contribution in [0.3, 0.4) is 0 Å². The fourth-order valence-corrected chi connectivity index (χ4v) is 3.83. The van der Waals surface area contributed by atoms with Crippen LogP contribution in [0.5, 0.6) is 11.5 Å². The summed E-state index contributed by atoms with van der Waals surface area (Å²) in [4.78, 5) is 21.4. The zero-order chi connectivity index (χ0) is 20.4. The van der Waals surface area contributed by atoms with Crippen LogP contribution in [0.1, 0.15) is 21.7 Å². The van der Waals surface area contributed by atoms with Crippen LogP contribution in [0, 0.1) is 6.92 Å². The van der Waals surface area contributed by atoms with Gasteiger partial charge in [-0.25, -0.2) is 19.3 Å². The van der Waals surface area contributed by atoms with Gasteiger partial charge < -0.3 is 14.2 Å². The summed E-state index contributed by atoms with van der Waals surface area (Å²) in [6.45, 7) is 1.80. The van der Waals surface area contributed by atoms with Gasteiger partial charge in [-0.2, -0.15) is 5.10 Å². The topological polar surface area (TPSA) is 87.8 Å². The van der Waals surface area contributed by atoms with Gasteiger partial charge in [0.05, 0.1) is 31.2 Å². The van der Waals surface area contributed by atoms with Crippen LogP contribution in [0.25, 0.3) is 16.2 Å². The van der Waals surface area contributed by atoms with E-state index < -0.39 is 5.97 Å². The highest BCUT2D eigenvalue weighted by atomic mass is 32.1. The SMILES string of the molecule is COc1cccc(-c2nc(COC(=O)c3c(C)nn4cccnc34)cs2)c1OC. The Kier molecular flexibility index (Phi) is 5.13. The Morgan fingerprint density at radius 3 is 2.86 bits per heavy atom. The summed E-state index contributed by atoms with van der Waals surface area (Å²) < 4.78 is 17.8. The molecule has 148 valence electrons. The van der Waals surface area contributed by atoms with Crippen molar-refractivity contribution in [2.45, 2.75) is 13.5 Å². The molecule has 4 rings (SSSR count). The molecule has 0 fully saturated rings. The van der Waals surface area contributed by atoms with Gasteiger partial charge in [0.25, 0.3) is 0 Å². The summed E-state index contributed by atoms with van der Waals surface area (Å²) >= 11 is 1.44. The monoisotopic (exact) mass is 410 g/mol. The first kappa shape index (κ1) is 18.9. The maximum atomic E-state index is 12.6. The van der Waals surface area contributed by atoms with Crippen LogP contribution in [-0.2, 0) is 11.3 Å². The molecule has 0 saturated heterocycles. The van der Waals surface area contributed by atoms with Crippen molar-refractivity contribution >= 4 is 23.0 Å². The van der Waals surface area contributed by atoms with Crippen molar-refractivity contribution in [3.63, 3.8) is 0 Å². The smallest absolute Gasteiger partial charge is 0.344 e. The third kappa shape index (κ3) is 3.52. The number of para-hydroxylation sites is 1. The van der Waals surface area contributed by atoms with E-state index in [0.29, 0.717) is 34.1 Å². The highest BCUT2D eigenvalue weighted by molar-refractivity contribution is 7.13. The molecule has 0 aliphatic heterocycles. The van der Waals surface area contributed by atoms with Crippen molar-refractivity contribution in [1.82, 2.24) is 19.6 Å². The predicted octanol–water partition coefficient (Wildman–Crippen LogP) is 3.54. The molecule has 0 aliphatic rings. The first-order chi connectivity index (χ1) is 14.1. The summed E-state index contributed by atoms with van der Waals surface area (Å²) in [5.41, 5.74) is 2.85. The number of nitrogens with zero attached hydrogens (tertiary/aromatic N) is 4. The van der Waals surface area contributed by atoms with Crippen molar-refractivity contribution in [1.29, 1.82) is 0 Å².